The van der Waals surface area contributed by atoms with E-state index in [1.54, 1.807) is 24.3 Å². The summed E-state index contributed by atoms with van der Waals surface area (Å²) in [4.78, 5) is 35.6. The van der Waals surface area contributed by atoms with Crippen LogP contribution in [-0.2, 0) is 14.3 Å². The van der Waals surface area contributed by atoms with Gasteiger partial charge < -0.3 is 19.9 Å². The molecule has 0 saturated carbocycles. The summed E-state index contributed by atoms with van der Waals surface area (Å²) >= 11 is 1.97. The average Bonchev–Trinajstić information content (AvgIpc) is 2.95. The minimum Gasteiger partial charge on any atom is -0.504 e. The summed E-state index contributed by atoms with van der Waals surface area (Å²) in [5, 5.41) is 12.9. The van der Waals surface area contributed by atoms with Crippen molar-refractivity contribution in [3.8, 4) is 5.75 Å². The van der Waals surface area contributed by atoms with Crippen LogP contribution in [-0.4, -0.2) is 42.9 Å². The van der Waals surface area contributed by atoms with E-state index >= 15 is 0 Å². The zero-order chi connectivity index (χ0) is 19.3. The fourth-order valence-electron chi connectivity index (χ4n) is 1.92. The molecule has 2 aromatic rings. The van der Waals surface area contributed by atoms with Crippen LogP contribution in [0.25, 0.3) is 0 Å². The molecule has 0 aliphatic heterocycles. The second kappa shape index (κ2) is 8.72. The van der Waals surface area contributed by atoms with E-state index in [0.29, 0.717) is 9.77 Å². The maximum Gasteiger partial charge on any atom is 0.352 e. The van der Waals surface area contributed by atoms with Gasteiger partial charge in [-0.15, -0.1) is 23.1 Å². The third kappa shape index (κ3) is 4.55. The first-order valence-electron chi connectivity index (χ1n) is 7.39. The van der Waals surface area contributed by atoms with E-state index in [1.165, 1.54) is 14.2 Å². The maximum absolute atomic E-state index is 12.4. The fraction of sp³-hybridized carbons (Fsp3) is 0.235. The number of esters is 2. The number of thiophene rings is 1. The van der Waals surface area contributed by atoms with Crippen molar-refractivity contribution in [2.45, 2.75) is 11.1 Å². The molecule has 0 saturated heterocycles. The lowest BCUT2D eigenvalue weighted by Crippen LogP contribution is -2.12. The van der Waals surface area contributed by atoms with Crippen molar-refractivity contribution < 1.29 is 29.0 Å². The Bertz CT molecular complexity index is 829. The van der Waals surface area contributed by atoms with Gasteiger partial charge in [0.2, 0.25) is 0 Å². The summed E-state index contributed by atoms with van der Waals surface area (Å²) in [5.74, 6) is -2.09. The quantitative estimate of drug-likeness (QED) is 0.572. The maximum atomic E-state index is 12.4. The number of aryl methyl sites for hydroxylation is 1. The molecule has 1 aromatic carbocycles. The Kier molecular flexibility index (Phi) is 6.64. The normalized spacial score (nSPS) is 10.3. The number of hydrogen-bond acceptors (Lipinski definition) is 8. The molecule has 0 aliphatic carbocycles. The lowest BCUT2D eigenvalue weighted by atomic mass is 10.1. The van der Waals surface area contributed by atoms with Crippen molar-refractivity contribution in [1.82, 2.24) is 0 Å². The van der Waals surface area contributed by atoms with Gasteiger partial charge in [-0.25, -0.2) is 4.79 Å². The smallest absolute Gasteiger partial charge is 0.352 e. The lowest BCUT2D eigenvalue weighted by molar-refractivity contribution is -0.137. The number of benzene rings is 1. The second-order valence-corrected chi connectivity index (χ2v) is 7.38. The van der Waals surface area contributed by atoms with Crippen LogP contribution in [0.1, 0.15) is 25.6 Å². The van der Waals surface area contributed by atoms with Gasteiger partial charge in [-0.2, -0.15) is 0 Å². The predicted molar refractivity (Wildman–Crippen MR) is 99.2 cm³/mol. The Morgan fingerprint density at radius 2 is 1.81 bits per heavy atom. The second-order valence-electron chi connectivity index (χ2n) is 5.12. The highest BCUT2D eigenvalue weighted by molar-refractivity contribution is 8.02. The molecule has 0 radical (unpaired) electrons. The Labute approximate surface area is 158 Å². The molecule has 1 aromatic heterocycles. The first-order valence-corrected chi connectivity index (χ1v) is 9.19. The van der Waals surface area contributed by atoms with Crippen molar-refractivity contribution in [1.29, 1.82) is 0 Å². The highest BCUT2D eigenvalue weighted by atomic mass is 32.2. The first-order chi connectivity index (χ1) is 12.4. The van der Waals surface area contributed by atoms with Gasteiger partial charge in [0.25, 0.3) is 5.91 Å². The van der Waals surface area contributed by atoms with E-state index in [-0.39, 0.29) is 16.3 Å². The largest absolute Gasteiger partial charge is 0.504 e. The van der Waals surface area contributed by atoms with E-state index in [0.717, 1.165) is 28.7 Å². The Morgan fingerprint density at radius 3 is 2.38 bits per heavy atom. The number of amides is 1. The van der Waals surface area contributed by atoms with Crippen molar-refractivity contribution in [2.75, 3.05) is 25.3 Å². The molecule has 1 amide bonds. The van der Waals surface area contributed by atoms with Crippen molar-refractivity contribution in [2.24, 2.45) is 0 Å². The molecule has 2 N–H and O–H groups in total. The van der Waals surface area contributed by atoms with Crippen molar-refractivity contribution in [3.63, 3.8) is 0 Å². The molecule has 0 fully saturated rings. The minimum absolute atomic E-state index is 0.0372. The van der Waals surface area contributed by atoms with Gasteiger partial charge in [0.1, 0.15) is 5.69 Å². The molecule has 26 heavy (non-hydrogen) atoms. The Hall–Kier alpha value is -2.52. The standard InChI is InChI=1S/C17H17NO6S2/c1-9-4-6-10(7-5-9)15(21)18-12-13(20)14(16(22)24-3)26-17(12)25-8-11(19)23-2/h4-7,20H,8H2,1-3H3,(H,18,21). The number of aromatic hydroxyl groups is 1. The third-order valence-electron chi connectivity index (χ3n) is 3.32. The molecular formula is C17H17NO6S2. The van der Waals surface area contributed by atoms with Crippen molar-refractivity contribution >= 4 is 46.6 Å². The lowest BCUT2D eigenvalue weighted by Gasteiger charge is -2.07. The van der Waals surface area contributed by atoms with Crippen LogP contribution in [0.5, 0.6) is 5.75 Å². The summed E-state index contributed by atoms with van der Waals surface area (Å²) in [6.45, 7) is 1.90. The summed E-state index contributed by atoms with van der Waals surface area (Å²) in [6.07, 6.45) is 0. The molecule has 0 spiro atoms. The first kappa shape index (κ1) is 19.8. The van der Waals surface area contributed by atoms with Gasteiger partial charge in [-0.05, 0) is 19.1 Å². The summed E-state index contributed by atoms with van der Waals surface area (Å²) in [6, 6.07) is 6.87. The number of thioether (sulfide) groups is 1. The number of anilines is 1. The average molecular weight is 395 g/mol. The van der Waals surface area contributed by atoms with Crippen LogP contribution in [0.2, 0.25) is 0 Å². The Morgan fingerprint density at radius 1 is 1.15 bits per heavy atom. The molecule has 0 bridgehead atoms. The minimum atomic E-state index is -0.733. The molecule has 0 aliphatic rings. The van der Waals surface area contributed by atoms with Gasteiger partial charge in [-0.3, -0.25) is 9.59 Å². The van der Waals surface area contributed by atoms with Gasteiger partial charge in [0.05, 0.1) is 24.2 Å². The van der Waals surface area contributed by atoms with E-state index in [4.69, 9.17) is 0 Å². The van der Waals surface area contributed by atoms with Gasteiger partial charge in [-0.1, -0.05) is 17.7 Å². The van der Waals surface area contributed by atoms with Crippen LogP contribution >= 0.6 is 23.1 Å². The number of ether oxygens (including phenoxy) is 2. The zero-order valence-corrected chi connectivity index (χ0v) is 16.0. The van der Waals surface area contributed by atoms with E-state index in [1.807, 2.05) is 6.92 Å². The van der Waals surface area contributed by atoms with E-state index in [2.05, 4.69) is 14.8 Å². The number of nitrogens with one attached hydrogen (secondary N) is 1. The van der Waals surface area contributed by atoms with E-state index in [9.17, 15) is 19.5 Å². The van der Waals surface area contributed by atoms with Crippen LogP contribution in [0.3, 0.4) is 0 Å². The topological polar surface area (TPSA) is 102 Å². The third-order valence-corrected chi connectivity index (χ3v) is 5.73. The van der Waals surface area contributed by atoms with E-state index < -0.39 is 23.6 Å². The van der Waals surface area contributed by atoms with Crippen LogP contribution < -0.4 is 5.32 Å². The molecule has 0 unspecified atom stereocenters. The monoisotopic (exact) mass is 395 g/mol. The van der Waals surface area contributed by atoms with Gasteiger partial charge in [0.15, 0.2) is 10.6 Å². The molecule has 9 heteroatoms. The highest BCUT2D eigenvalue weighted by Gasteiger charge is 2.25. The highest BCUT2D eigenvalue weighted by Crippen LogP contribution is 2.45. The predicted octanol–water partition coefficient (Wildman–Crippen LogP) is 3.07. The number of carbonyl (C=O) groups is 3. The fourth-order valence-corrected chi connectivity index (χ4v) is 4.04. The van der Waals surface area contributed by atoms with Crippen LogP contribution in [0, 0.1) is 6.92 Å². The van der Waals surface area contributed by atoms with Gasteiger partial charge >= 0.3 is 11.9 Å². The molecule has 2 rings (SSSR count). The molecule has 0 atom stereocenters. The summed E-state index contributed by atoms with van der Waals surface area (Å²) in [5.41, 5.74) is 1.46. The zero-order valence-electron chi connectivity index (χ0n) is 14.3. The van der Waals surface area contributed by atoms with Crippen LogP contribution in [0.15, 0.2) is 28.5 Å². The molecular weight excluding hydrogens is 378 g/mol. The summed E-state index contributed by atoms with van der Waals surface area (Å²) < 4.78 is 9.61. The van der Waals surface area contributed by atoms with Gasteiger partial charge in [0, 0.05) is 5.56 Å². The molecule has 1 heterocycles. The molecule has 7 nitrogen and oxygen atoms in total. The number of methoxy groups -OCH3 is 2. The van der Waals surface area contributed by atoms with Crippen molar-refractivity contribution in [3.05, 3.63) is 40.3 Å². The SMILES string of the molecule is COC(=O)CSc1sc(C(=O)OC)c(O)c1NC(=O)c1ccc(C)cc1. The number of carbonyl (C=O) groups excluding carboxylic acids is 3. The Balaban J connectivity index is 2.32. The number of hydrogen-bond donors (Lipinski definition) is 2. The van der Waals surface area contributed by atoms with Crippen LogP contribution in [0.4, 0.5) is 5.69 Å². The number of rotatable bonds is 6. The summed E-state index contributed by atoms with van der Waals surface area (Å²) in [7, 11) is 2.45. The molecule has 138 valence electrons.